The number of benzene rings is 2. The number of ether oxygens (including phenoxy) is 1. The Labute approximate surface area is 192 Å². The number of nitrogens with two attached hydrogens (primary N) is 1. The molecule has 3 N–H and O–H groups in total. The number of carbonyl (C=O) groups excluding carboxylic acids is 1. The van der Waals surface area contributed by atoms with Gasteiger partial charge in [0, 0.05) is 23.5 Å². The summed E-state index contributed by atoms with van der Waals surface area (Å²) in [6.45, 7) is 2.19. The highest BCUT2D eigenvalue weighted by atomic mass is 16.5. The second-order valence-electron chi connectivity index (χ2n) is 8.56. The van der Waals surface area contributed by atoms with Crippen molar-refractivity contribution >= 4 is 28.6 Å². The van der Waals surface area contributed by atoms with Crippen LogP contribution in [-0.2, 0) is 11.3 Å². The fourth-order valence-electron chi connectivity index (χ4n) is 4.63. The van der Waals surface area contributed by atoms with Gasteiger partial charge in [0.2, 0.25) is 0 Å². The van der Waals surface area contributed by atoms with Crippen LogP contribution in [0.5, 0.6) is 0 Å². The summed E-state index contributed by atoms with van der Waals surface area (Å²) in [6, 6.07) is 16.0. The third-order valence-electron chi connectivity index (χ3n) is 6.34. The summed E-state index contributed by atoms with van der Waals surface area (Å²) in [5.41, 5.74) is 11.8. The molecule has 2 aromatic heterocycles. The Morgan fingerprint density at radius 2 is 1.94 bits per heavy atom. The van der Waals surface area contributed by atoms with E-state index < -0.39 is 6.09 Å². The maximum atomic E-state index is 12.3. The molecule has 0 saturated heterocycles. The minimum Gasteiger partial charge on any atom is -0.444 e. The number of fused-ring (bicyclic) bond motifs is 1. The molecular formula is C26H27N5O2. The molecule has 7 heteroatoms. The Bertz CT molecular complexity index is 1290. The molecule has 2 heterocycles. The summed E-state index contributed by atoms with van der Waals surface area (Å²) in [5.74, 6) is 0.482. The third kappa shape index (κ3) is 4.26. The van der Waals surface area contributed by atoms with Crippen LogP contribution < -0.4 is 11.1 Å². The number of nitrogens with zero attached hydrogens (tertiary/aromatic N) is 3. The fourth-order valence-corrected chi connectivity index (χ4v) is 4.63. The minimum absolute atomic E-state index is 0.226. The number of anilines is 2. The minimum atomic E-state index is -0.481. The van der Waals surface area contributed by atoms with E-state index >= 15 is 0 Å². The van der Waals surface area contributed by atoms with Crippen LogP contribution in [-0.4, -0.2) is 20.6 Å². The lowest BCUT2D eigenvalue weighted by molar-refractivity contribution is 0.155. The largest absolute Gasteiger partial charge is 0.444 e. The Hall–Kier alpha value is -3.87. The van der Waals surface area contributed by atoms with Gasteiger partial charge in [-0.3, -0.25) is 5.32 Å². The molecule has 1 aliphatic rings. The third-order valence-corrected chi connectivity index (χ3v) is 6.34. The highest BCUT2D eigenvalue weighted by molar-refractivity contribution is 6.01. The maximum absolute atomic E-state index is 12.3. The predicted octanol–water partition coefficient (Wildman–Crippen LogP) is 5.85. The Morgan fingerprint density at radius 1 is 1.15 bits per heavy atom. The predicted molar refractivity (Wildman–Crippen MR) is 130 cm³/mol. The van der Waals surface area contributed by atoms with Crippen LogP contribution in [0, 0.1) is 6.92 Å². The van der Waals surface area contributed by atoms with Crippen molar-refractivity contribution in [2.75, 3.05) is 11.1 Å². The van der Waals surface area contributed by atoms with E-state index in [9.17, 15) is 4.79 Å². The number of hydrogen-bond acceptors (Lipinski definition) is 5. The SMILES string of the molecule is Cc1cc(-c2cn(C3CCCC3)c3ncnc(N)c23)ccc1NC(=O)OCc1ccccc1. The molecule has 1 saturated carbocycles. The van der Waals surface area contributed by atoms with Crippen LogP contribution in [0.1, 0.15) is 42.9 Å². The average molecular weight is 442 g/mol. The van der Waals surface area contributed by atoms with Crippen molar-refractivity contribution in [2.45, 2.75) is 45.3 Å². The van der Waals surface area contributed by atoms with Crippen molar-refractivity contribution in [3.63, 3.8) is 0 Å². The van der Waals surface area contributed by atoms with E-state index in [2.05, 4.69) is 26.0 Å². The monoisotopic (exact) mass is 441 g/mol. The van der Waals surface area contributed by atoms with E-state index in [1.54, 1.807) is 0 Å². The van der Waals surface area contributed by atoms with Crippen molar-refractivity contribution in [2.24, 2.45) is 0 Å². The lowest BCUT2D eigenvalue weighted by atomic mass is 10.0. The van der Waals surface area contributed by atoms with Gasteiger partial charge < -0.3 is 15.0 Å². The highest BCUT2D eigenvalue weighted by Gasteiger charge is 2.23. The molecule has 1 fully saturated rings. The molecule has 1 aliphatic carbocycles. The van der Waals surface area contributed by atoms with Gasteiger partial charge in [0.05, 0.1) is 5.39 Å². The summed E-state index contributed by atoms with van der Waals surface area (Å²) in [5, 5.41) is 3.72. The number of nitrogen functional groups attached to an aromatic ring is 1. The van der Waals surface area contributed by atoms with Gasteiger partial charge in [0.1, 0.15) is 24.4 Å². The summed E-state index contributed by atoms with van der Waals surface area (Å²) < 4.78 is 7.61. The number of amides is 1. The van der Waals surface area contributed by atoms with Gasteiger partial charge in [0.15, 0.2) is 0 Å². The van der Waals surface area contributed by atoms with E-state index in [0.29, 0.717) is 17.5 Å². The average Bonchev–Trinajstić information content (AvgIpc) is 3.48. The number of carbonyl (C=O) groups is 1. The van der Waals surface area contributed by atoms with Crippen LogP contribution in [0.3, 0.4) is 0 Å². The first kappa shape index (κ1) is 21.0. The number of hydrogen-bond donors (Lipinski definition) is 2. The molecule has 0 bridgehead atoms. The lowest BCUT2D eigenvalue weighted by Gasteiger charge is -2.12. The zero-order valence-electron chi connectivity index (χ0n) is 18.6. The molecule has 5 rings (SSSR count). The van der Waals surface area contributed by atoms with Gasteiger partial charge in [0.25, 0.3) is 0 Å². The highest BCUT2D eigenvalue weighted by Crippen LogP contribution is 2.39. The van der Waals surface area contributed by atoms with Gasteiger partial charge in [-0.1, -0.05) is 49.2 Å². The van der Waals surface area contributed by atoms with Crippen LogP contribution in [0.25, 0.3) is 22.2 Å². The molecule has 0 radical (unpaired) electrons. The molecule has 0 spiro atoms. The van der Waals surface area contributed by atoms with Crippen LogP contribution in [0.4, 0.5) is 16.3 Å². The van der Waals surface area contributed by atoms with Crippen molar-refractivity contribution in [1.82, 2.24) is 14.5 Å². The molecule has 33 heavy (non-hydrogen) atoms. The van der Waals surface area contributed by atoms with Gasteiger partial charge in [-0.25, -0.2) is 14.8 Å². The topological polar surface area (TPSA) is 95.1 Å². The van der Waals surface area contributed by atoms with Gasteiger partial charge in [-0.15, -0.1) is 0 Å². The molecular weight excluding hydrogens is 414 g/mol. The Kier molecular flexibility index (Phi) is 5.69. The smallest absolute Gasteiger partial charge is 0.411 e. The van der Waals surface area contributed by atoms with Crippen LogP contribution in [0.15, 0.2) is 61.1 Å². The first-order valence-electron chi connectivity index (χ1n) is 11.3. The van der Waals surface area contributed by atoms with Gasteiger partial charge in [-0.05, 0) is 48.6 Å². The number of nitrogens with one attached hydrogen (secondary N) is 1. The Balaban J connectivity index is 1.39. The summed E-state index contributed by atoms with van der Waals surface area (Å²) in [6.07, 6.45) is 7.99. The molecule has 1 amide bonds. The maximum Gasteiger partial charge on any atom is 0.411 e. The van der Waals surface area contributed by atoms with Crippen molar-refractivity contribution in [3.8, 4) is 11.1 Å². The van der Waals surface area contributed by atoms with Gasteiger partial charge >= 0.3 is 6.09 Å². The first-order valence-corrected chi connectivity index (χ1v) is 11.3. The summed E-state index contributed by atoms with van der Waals surface area (Å²) in [4.78, 5) is 21.1. The van der Waals surface area contributed by atoms with Crippen LogP contribution in [0.2, 0.25) is 0 Å². The fraction of sp³-hybridized carbons (Fsp3) is 0.269. The number of aryl methyl sites for hydroxylation is 1. The van der Waals surface area contributed by atoms with Gasteiger partial charge in [-0.2, -0.15) is 0 Å². The van der Waals surface area contributed by atoms with Crippen molar-refractivity contribution in [1.29, 1.82) is 0 Å². The number of rotatable bonds is 5. The van der Waals surface area contributed by atoms with Crippen molar-refractivity contribution in [3.05, 3.63) is 72.2 Å². The molecule has 0 unspecified atom stereocenters. The second kappa shape index (κ2) is 8.94. The first-order chi connectivity index (χ1) is 16.1. The van der Waals surface area contributed by atoms with E-state index in [1.165, 1.54) is 19.2 Å². The molecule has 4 aromatic rings. The summed E-state index contributed by atoms with van der Waals surface area (Å²) >= 11 is 0. The van der Waals surface area contributed by atoms with Crippen LogP contribution >= 0.6 is 0 Å². The van der Waals surface area contributed by atoms with E-state index in [-0.39, 0.29) is 6.61 Å². The molecule has 0 aliphatic heterocycles. The number of aromatic nitrogens is 3. The van der Waals surface area contributed by atoms with E-state index in [0.717, 1.165) is 46.1 Å². The van der Waals surface area contributed by atoms with Crippen molar-refractivity contribution < 1.29 is 9.53 Å². The quantitative estimate of drug-likeness (QED) is 0.405. The zero-order chi connectivity index (χ0) is 22.8. The second-order valence-corrected chi connectivity index (χ2v) is 8.56. The molecule has 2 aromatic carbocycles. The standard InChI is InChI=1S/C26H27N5O2/c1-17-13-19(11-12-22(17)30-26(32)33-15-18-7-3-2-4-8-18)21-14-31(20-9-5-6-10-20)25-23(21)24(27)28-16-29-25/h2-4,7-8,11-14,16,20H,5-6,9-10,15H2,1H3,(H,30,32)(H2,27,28,29). The van der Waals surface area contributed by atoms with E-state index in [4.69, 9.17) is 10.5 Å². The Morgan fingerprint density at radius 3 is 2.70 bits per heavy atom. The lowest BCUT2D eigenvalue weighted by Crippen LogP contribution is -2.14. The zero-order valence-corrected chi connectivity index (χ0v) is 18.6. The summed E-state index contributed by atoms with van der Waals surface area (Å²) in [7, 11) is 0. The van der Waals surface area contributed by atoms with E-state index in [1.807, 2.05) is 55.5 Å². The normalized spacial score (nSPS) is 14.0. The molecule has 7 nitrogen and oxygen atoms in total. The molecule has 0 atom stereocenters. The molecule has 168 valence electrons.